The fourth-order valence-corrected chi connectivity index (χ4v) is 2.56. The van der Waals surface area contributed by atoms with Gasteiger partial charge >= 0.3 is 0 Å². The van der Waals surface area contributed by atoms with Crippen molar-refractivity contribution in [1.29, 1.82) is 0 Å². The molecule has 2 aromatic rings. The van der Waals surface area contributed by atoms with Crippen LogP contribution in [0, 0.1) is 11.7 Å². The van der Waals surface area contributed by atoms with Crippen molar-refractivity contribution in [3.8, 4) is 11.5 Å². The van der Waals surface area contributed by atoms with Crippen LogP contribution in [0.1, 0.15) is 24.2 Å². The lowest BCUT2D eigenvalue weighted by molar-refractivity contribution is -0.118. The normalized spacial score (nSPS) is 13.4. The third-order valence-corrected chi connectivity index (χ3v) is 3.98. The number of hydrogen-bond donors (Lipinski definition) is 2. The number of rotatable bonds is 5. The van der Waals surface area contributed by atoms with Crippen molar-refractivity contribution in [1.82, 2.24) is 5.32 Å². The highest BCUT2D eigenvalue weighted by Crippen LogP contribution is 2.34. The van der Waals surface area contributed by atoms with Crippen molar-refractivity contribution in [3.05, 3.63) is 53.8 Å². The van der Waals surface area contributed by atoms with Gasteiger partial charge in [-0.05, 0) is 42.3 Å². The lowest BCUT2D eigenvalue weighted by atomic mass is 10.0. The van der Waals surface area contributed by atoms with Crippen LogP contribution in [0.3, 0.4) is 0 Å². The summed E-state index contributed by atoms with van der Waals surface area (Å²) in [5.41, 5.74) is 0.828. The standard InChI is InChI=1S/C19H19FN2O4/c1-11(2)17(22-18(23)12-3-5-13(20)6-4-12)19(24)21-14-7-8-15-16(9-14)26-10-25-15/h3-9,11,17H,10H2,1-2H3,(H,21,24)(H,22,23). The van der Waals surface area contributed by atoms with Gasteiger partial charge < -0.3 is 20.1 Å². The molecule has 0 fully saturated rings. The number of benzene rings is 2. The quantitative estimate of drug-likeness (QED) is 0.862. The van der Waals surface area contributed by atoms with Crippen LogP contribution in [0.2, 0.25) is 0 Å². The van der Waals surface area contributed by atoms with E-state index < -0.39 is 17.8 Å². The number of anilines is 1. The second-order valence-electron chi connectivity index (χ2n) is 6.26. The lowest BCUT2D eigenvalue weighted by Gasteiger charge is -2.22. The van der Waals surface area contributed by atoms with E-state index in [4.69, 9.17) is 9.47 Å². The van der Waals surface area contributed by atoms with Crippen molar-refractivity contribution in [2.45, 2.75) is 19.9 Å². The highest BCUT2D eigenvalue weighted by atomic mass is 19.1. The predicted molar refractivity (Wildman–Crippen MR) is 93.7 cm³/mol. The zero-order chi connectivity index (χ0) is 18.7. The molecule has 7 heteroatoms. The Kier molecular flexibility index (Phi) is 5.06. The van der Waals surface area contributed by atoms with Gasteiger partial charge in [0.25, 0.3) is 5.91 Å². The first kappa shape index (κ1) is 17.7. The number of ether oxygens (including phenoxy) is 2. The molecule has 1 aliphatic rings. The van der Waals surface area contributed by atoms with E-state index in [-0.39, 0.29) is 24.2 Å². The van der Waals surface area contributed by atoms with Gasteiger partial charge in [0, 0.05) is 17.3 Å². The second kappa shape index (κ2) is 7.43. The van der Waals surface area contributed by atoms with E-state index in [1.165, 1.54) is 24.3 Å². The van der Waals surface area contributed by atoms with Crippen molar-refractivity contribution in [2.75, 3.05) is 12.1 Å². The van der Waals surface area contributed by atoms with Crippen LogP contribution in [-0.4, -0.2) is 24.6 Å². The summed E-state index contributed by atoms with van der Waals surface area (Å²) in [5, 5.41) is 5.46. The molecule has 1 heterocycles. The summed E-state index contributed by atoms with van der Waals surface area (Å²) < 4.78 is 23.5. The Bertz CT molecular complexity index is 821. The topological polar surface area (TPSA) is 76.7 Å². The molecule has 26 heavy (non-hydrogen) atoms. The van der Waals surface area contributed by atoms with Crippen molar-refractivity contribution >= 4 is 17.5 Å². The Hall–Kier alpha value is -3.09. The van der Waals surface area contributed by atoms with Gasteiger partial charge in [-0.2, -0.15) is 0 Å². The summed E-state index contributed by atoms with van der Waals surface area (Å²) in [4.78, 5) is 24.9. The minimum Gasteiger partial charge on any atom is -0.454 e. The molecule has 1 unspecified atom stereocenters. The van der Waals surface area contributed by atoms with E-state index in [0.29, 0.717) is 17.2 Å². The first-order chi connectivity index (χ1) is 12.4. The predicted octanol–water partition coefficient (Wildman–Crippen LogP) is 2.95. The third kappa shape index (κ3) is 3.93. The summed E-state index contributed by atoms with van der Waals surface area (Å²) in [7, 11) is 0. The molecule has 0 aromatic heterocycles. The van der Waals surface area contributed by atoms with Crippen molar-refractivity contribution in [3.63, 3.8) is 0 Å². The van der Waals surface area contributed by atoms with Gasteiger partial charge in [-0.3, -0.25) is 9.59 Å². The molecule has 6 nitrogen and oxygen atoms in total. The molecular formula is C19H19FN2O4. The van der Waals surface area contributed by atoms with Crippen molar-refractivity contribution in [2.24, 2.45) is 5.92 Å². The van der Waals surface area contributed by atoms with Gasteiger partial charge in [0.1, 0.15) is 11.9 Å². The van der Waals surface area contributed by atoms with Crippen LogP contribution < -0.4 is 20.1 Å². The second-order valence-corrected chi connectivity index (χ2v) is 6.26. The number of carbonyl (C=O) groups is 2. The molecule has 2 N–H and O–H groups in total. The summed E-state index contributed by atoms with van der Waals surface area (Å²) in [6.45, 7) is 3.80. The van der Waals surface area contributed by atoms with Crippen LogP contribution in [0.25, 0.3) is 0 Å². The first-order valence-corrected chi connectivity index (χ1v) is 8.21. The van der Waals surface area contributed by atoms with Crippen LogP contribution in [0.15, 0.2) is 42.5 Å². The molecule has 0 saturated heterocycles. The molecule has 2 aromatic carbocycles. The van der Waals surface area contributed by atoms with Crippen LogP contribution >= 0.6 is 0 Å². The Morgan fingerprint density at radius 3 is 2.42 bits per heavy atom. The molecule has 1 atom stereocenters. The average Bonchev–Trinajstić information content (AvgIpc) is 3.07. The molecule has 0 bridgehead atoms. The fraction of sp³-hybridized carbons (Fsp3) is 0.263. The SMILES string of the molecule is CC(C)C(NC(=O)c1ccc(F)cc1)C(=O)Nc1ccc2c(c1)OCO2. The summed E-state index contributed by atoms with van der Waals surface area (Å²) in [6.07, 6.45) is 0. The number of fused-ring (bicyclic) bond motifs is 1. The molecule has 0 aliphatic carbocycles. The minimum atomic E-state index is -0.752. The Labute approximate surface area is 150 Å². The lowest BCUT2D eigenvalue weighted by Crippen LogP contribution is -2.47. The van der Waals surface area contributed by atoms with Crippen molar-refractivity contribution < 1.29 is 23.5 Å². The fourth-order valence-electron chi connectivity index (χ4n) is 2.56. The maximum absolute atomic E-state index is 13.0. The van der Waals surface area contributed by atoms with E-state index in [1.807, 2.05) is 13.8 Å². The van der Waals surface area contributed by atoms with Gasteiger partial charge in [0.2, 0.25) is 12.7 Å². The van der Waals surface area contributed by atoms with Gasteiger partial charge in [-0.1, -0.05) is 13.8 Å². The average molecular weight is 358 g/mol. The van der Waals surface area contributed by atoms with Gasteiger partial charge in [0.15, 0.2) is 11.5 Å². The number of carbonyl (C=O) groups excluding carboxylic acids is 2. The summed E-state index contributed by atoms with van der Waals surface area (Å²) in [5.74, 6) is -0.193. The van der Waals surface area contributed by atoms with E-state index in [9.17, 15) is 14.0 Å². The van der Waals surface area contributed by atoms with E-state index in [0.717, 1.165) is 0 Å². The van der Waals surface area contributed by atoms with Gasteiger partial charge in [0.05, 0.1) is 0 Å². The molecule has 0 spiro atoms. The van der Waals surface area contributed by atoms with Crippen LogP contribution in [0.4, 0.5) is 10.1 Å². The van der Waals surface area contributed by atoms with Gasteiger partial charge in [-0.15, -0.1) is 0 Å². The highest BCUT2D eigenvalue weighted by Gasteiger charge is 2.25. The number of halogens is 1. The Morgan fingerprint density at radius 2 is 1.73 bits per heavy atom. The van der Waals surface area contributed by atoms with Gasteiger partial charge in [-0.25, -0.2) is 4.39 Å². The highest BCUT2D eigenvalue weighted by molar-refractivity contribution is 6.01. The summed E-state index contributed by atoms with van der Waals surface area (Å²) in [6, 6.07) is 9.47. The molecule has 3 rings (SSSR count). The van der Waals surface area contributed by atoms with Crippen LogP contribution in [0.5, 0.6) is 11.5 Å². The monoisotopic (exact) mass is 358 g/mol. The molecule has 0 saturated carbocycles. The molecule has 136 valence electrons. The molecule has 2 amide bonds. The largest absolute Gasteiger partial charge is 0.454 e. The van der Waals surface area contributed by atoms with E-state index >= 15 is 0 Å². The molecule has 0 radical (unpaired) electrons. The smallest absolute Gasteiger partial charge is 0.251 e. The zero-order valence-electron chi connectivity index (χ0n) is 14.4. The van der Waals surface area contributed by atoms with E-state index in [2.05, 4.69) is 10.6 Å². The zero-order valence-corrected chi connectivity index (χ0v) is 14.4. The number of amides is 2. The molecule has 1 aliphatic heterocycles. The number of hydrogen-bond acceptors (Lipinski definition) is 4. The van der Waals surface area contributed by atoms with E-state index in [1.54, 1.807) is 18.2 Å². The molecular weight excluding hydrogens is 339 g/mol. The summed E-state index contributed by atoms with van der Waals surface area (Å²) >= 11 is 0. The Morgan fingerprint density at radius 1 is 1.04 bits per heavy atom. The Balaban J connectivity index is 1.69. The third-order valence-electron chi connectivity index (χ3n) is 3.98. The maximum Gasteiger partial charge on any atom is 0.251 e. The first-order valence-electron chi connectivity index (χ1n) is 8.21. The van der Waals surface area contributed by atoms with Crippen LogP contribution in [-0.2, 0) is 4.79 Å². The number of nitrogens with one attached hydrogen (secondary N) is 2. The minimum absolute atomic E-state index is 0.145. The maximum atomic E-state index is 13.0.